The normalized spacial score (nSPS) is 10.6. The lowest BCUT2D eigenvalue weighted by Crippen LogP contribution is -2.17. The number of methoxy groups -OCH3 is 2. The monoisotopic (exact) mass is 483 g/mol. The number of ether oxygens (including phenoxy) is 4. The molecule has 0 atom stereocenters. The van der Waals surface area contributed by atoms with Crippen LogP contribution in [0.3, 0.4) is 0 Å². The molecule has 0 aliphatic heterocycles. The van der Waals surface area contributed by atoms with E-state index >= 15 is 0 Å². The molecule has 0 bridgehead atoms. The molecule has 11 nitrogen and oxygen atoms in total. The molecule has 0 aliphatic carbocycles. The number of benzene rings is 2. The van der Waals surface area contributed by atoms with E-state index in [2.05, 4.69) is 30.9 Å². The average molecular weight is 484 g/mol. The van der Waals surface area contributed by atoms with E-state index in [1.807, 2.05) is 48.5 Å². The zero-order valence-corrected chi connectivity index (χ0v) is 20.1. The van der Waals surface area contributed by atoms with Crippen LogP contribution >= 0.6 is 0 Å². The van der Waals surface area contributed by atoms with Gasteiger partial charge in [-0.2, -0.15) is 15.0 Å². The fourth-order valence-corrected chi connectivity index (χ4v) is 3.15. The van der Waals surface area contributed by atoms with Crippen molar-refractivity contribution in [2.24, 2.45) is 5.73 Å². The van der Waals surface area contributed by atoms with Crippen LogP contribution in [0.1, 0.15) is 5.56 Å². The van der Waals surface area contributed by atoms with Crippen LogP contribution < -0.4 is 31.2 Å². The second-order valence-electron chi connectivity index (χ2n) is 7.24. The highest BCUT2D eigenvalue weighted by Gasteiger charge is 2.11. The molecule has 1 heterocycles. The molecular formula is C24H33N7O4. The number of anilines is 4. The van der Waals surface area contributed by atoms with E-state index in [0.717, 1.165) is 11.3 Å². The molecule has 2 aromatic carbocycles. The Bertz CT molecular complexity index is 1020. The number of hydrogen-bond acceptors (Lipinski definition) is 11. The van der Waals surface area contributed by atoms with Crippen LogP contribution in [0, 0.1) is 0 Å². The highest BCUT2D eigenvalue weighted by molar-refractivity contribution is 5.55. The number of nitrogens with one attached hydrogen (secondary N) is 3. The van der Waals surface area contributed by atoms with E-state index in [1.54, 1.807) is 14.2 Å². The average Bonchev–Trinajstić information content (AvgIpc) is 2.89. The first-order chi connectivity index (χ1) is 17.2. The maximum absolute atomic E-state index is 5.55. The Morgan fingerprint density at radius 3 is 2.17 bits per heavy atom. The summed E-state index contributed by atoms with van der Waals surface area (Å²) in [6, 6.07) is 15.4. The van der Waals surface area contributed by atoms with Crippen molar-refractivity contribution in [3.8, 4) is 11.5 Å². The molecule has 1 aromatic heterocycles. The molecule has 3 aromatic rings. The van der Waals surface area contributed by atoms with Crippen LogP contribution in [0.5, 0.6) is 11.5 Å². The van der Waals surface area contributed by atoms with Gasteiger partial charge in [-0.15, -0.1) is 0 Å². The van der Waals surface area contributed by atoms with Crippen LogP contribution in [0.25, 0.3) is 0 Å². The summed E-state index contributed by atoms with van der Waals surface area (Å²) in [5.74, 6) is 2.54. The molecule has 0 fully saturated rings. The molecule has 5 N–H and O–H groups in total. The number of para-hydroxylation sites is 2. The third-order valence-electron chi connectivity index (χ3n) is 4.75. The van der Waals surface area contributed by atoms with E-state index < -0.39 is 0 Å². The summed E-state index contributed by atoms with van der Waals surface area (Å²) in [5.41, 5.74) is 7.17. The van der Waals surface area contributed by atoms with Gasteiger partial charge in [0.1, 0.15) is 0 Å². The quantitative estimate of drug-likeness (QED) is 0.224. The Labute approximate surface area is 205 Å². The van der Waals surface area contributed by atoms with Gasteiger partial charge in [-0.1, -0.05) is 30.3 Å². The van der Waals surface area contributed by atoms with Crippen molar-refractivity contribution in [1.82, 2.24) is 15.0 Å². The van der Waals surface area contributed by atoms with Gasteiger partial charge in [-0.25, -0.2) is 0 Å². The Morgan fingerprint density at radius 2 is 1.46 bits per heavy atom. The van der Waals surface area contributed by atoms with Gasteiger partial charge in [0.15, 0.2) is 11.5 Å². The lowest BCUT2D eigenvalue weighted by molar-refractivity contribution is 0.0547. The fraction of sp³-hybridized carbons (Fsp3) is 0.375. The van der Waals surface area contributed by atoms with Gasteiger partial charge in [-0.3, -0.25) is 0 Å². The maximum Gasteiger partial charge on any atom is 0.233 e. The summed E-state index contributed by atoms with van der Waals surface area (Å²) in [6.45, 7) is 3.46. The molecule has 0 amide bonds. The van der Waals surface area contributed by atoms with E-state index in [4.69, 9.17) is 24.7 Å². The van der Waals surface area contributed by atoms with Gasteiger partial charge >= 0.3 is 0 Å². The first-order valence-electron chi connectivity index (χ1n) is 11.3. The van der Waals surface area contributed by atoms with Gasteiger partial charge in [-0.05, 0) is 18.2 Å². The first-order valence-corrected chi connectivity index (χ1v) is 11.3. The van der Waals surface area contributed by atoms with Gasteiger partial charge in [0.25, 0.3) is 0 Å². The Balaban J connectivity index is 1.66. The standard InChI is InChI=1S/C24H33N7O4/c1-32-20-10-6-7-18(21(20)33-2)17-27-23-29-22(26-12-14-35-16-15-34-13-11-25)30-24(31-23)28-19-8-4-3-5-9-19/h3-10H,11-17,25H2,1-2H3,(H3,26,27,28,29,30,31). The molecule has 11 heteroatoms. The first kappa shape index (κ1) is 25.9. The summed E-state index contributed by atoms with van der Waals surface area (Å²) in [4.78, 5) is 13.5. The molecule has 188 valence electrons. The summed E-state index contributed by atoms with van der Waals surface area (Å²) in [7, 11) is 3.22. The van der Waals surface area contributed by atoms with Gasteiger partial charge < -0.3 is 40.6 Å². The van der Waals surface area contributed by atoms with Crippen molar-refractivity contribution in [3.63, 3.8) is 0 Å². The Hall–Kier alpha value is -3.67. The SMILES string of the molecule is COc1cccc(CNc2nc(NCCOCCOCCN)nc(Nc3ccccc3)n2)c1OC. The van der Waals surface area contributed by atoms with E-state index in [-0.39, 0.29) is 0 Å². The topological polar surface area (TPSA) is 138 Å². The Morgan fingerprint density at radius 1 is 0.743 bits per heavy atom. The van der Waals surface area contributed by atoms with Gasteiger partial charge in [0, 0.05) is 30.9 Å². The molecule has 0 saturated heterocycles. The zero-order valence-electron chi connectivity index (χ0n) is 20.1. The summed E-state index contributed by atoms with van der Waals surface area (Å²) in [5, 5.41) is 9.64. The highest BCUT2D eigenvalue weighted by atomic mass is 16.5. The molecule has 0 spiro atoms. The van der Waals surface area contributed by atoms with Crippen molar-refractivity contribution >= 4 is 23.5 Å². The van der Waals surface area contributed by atoms with Crippen LogP contribution in [-0.2, 0) is 16.0 Å². The molecule has 0 saturated carbocycles. The minimum absolute atomic E-state index is 0.405. The second-order valence-corrected chi connectivity index (χ2v) is 7.24. The van der Waals surface area contributed by atoms with E-state index in [9.17, 15) is 0 Å². The maximum atomic E-state index is 5.55. The van der Waals surface area contributed by atoms with Crippen molar-refractivity contribution in [3.05, 3.63) is 54.1 Å². The van der Waals surface area contributed by atoms with Crippen molar-refractivity contribution in [1.29, 1.82) is 0 Å². The number of rotatable bonds is 16. The molecule has 3 rings (SSSR count). The van der Waals surface area contributed by atoms with Crippen molar-refractivity contribution in [2.75, 3.05) is 69.7 Å². The number of aromatic nitrogens is 3. The third-order valence-corrected chi connectivity index (χ3v) is 4.75. The smallest absolute Gasteiger partial charge is 0.233 e. The van der Waals surface area contributed by atoms with Crippen molar-refractivity contribution < 1.29 is 18.9 Å². The number of nitrogens with two attached hydrogens (primary N) is 1. The van der Waals surface area contributed by atoms with Crippen molar-refractivity contribution in [2.45, 2.75) is 6.54 Å². The summed E-state index contributed by atoms with van der Waals surface area (Å²) in [6.07, 6.45) is 0. The molecular weight excluding hydrogens is 450 g/mol. The minimum Gasteiger partial charge on any atom is -0.493 e. The lowest BCUT2D eigenvalue weighted by Gasteiger charge is -2.14. The largest absolute Gasteiger partial charge is 0.493 e. The van der Waals surface area contributed by atoms with Gasteiger partial charge in [0.2, 0.25) is 17.8 Å². The predicted octanol–water partition coefficient (Wildman–Crippen LogP) is 2.65. The van der Waals surface area contributed by atoms with E-state index in [1.165, 1.54) is 0 Å². The third kappa shape index (κ3) is 8.56. The fourth-order valence-electron chi connectivity index (χ4n) is 3.15. The lowest BCUT2D eigenvalue weighted by atomic mass is 10.2. The molecule has 0 aliphatic rings. The van der Waals surface area contributed by atoms with Gasteiger partial charge in [0.05, 0.1) is 40.6 Å². The molecule has 35 heavy (non-hydrogen) atoms. The summed E-state index contributed by atoms with van der Waals surface area (Å²) < 4.78 is 21.8. The van der Waals surface area contributed by atoms with Crippen LogP contribution in [0.15, 0.2) is 48.5 Å². The number of nitrogens with zero attached hydrogens (tertiary/aromatic N) is 3. The van der Waals surface area contributed by atoms with Crippen LogP contribution in [0.2, 0.25) is 0 Å². The second kappa shape index (κ2) is 14.6. The highest BCUT2D eigenvalue weighted by Crippen LogP contribution is 2.31. The summed E-state index contributed by atoms with van der Waals surface area (Å²) >= 11 is 0. The van der Waals surface area contributed by atoms with Crippen LogP contribution in [0.4, 0.5) is 23.5 Å². The zero-order chi connectivity index (χ0) is 24.7. The molecule has 0 unspecified atom stereocenters. The minimum atomic E-state index is 0.405. The molecule has 0 radical (unpaired) electrons. The Kier molecular flexibility index (Phi) is 10.8. The van der Waals surface area contributed by atoms with E-state index in [0.29, 0.717) is 75.4 Å². The van der Waals surface area contributed by atoms with Crippen LogP contribution in [-0.4, -0.2) is 68.7 Å². The predicted molar refractivity (Wildman–Crippen MR) is 136 cm³/mol. The number of hydrogen-bond donors (Lipinski definition) is 4.